The predicted molar refractivity (Wildman–Crippen MR) is 555 cm³/mol. The molecule has 0 heterocycles. The van der Waals surface area contributed by atoms with Crippen LogP contribution in [0.2, 0.25) is 0 Å². The van der Waals surface area contributed by atoms with E-state index in [1.54, 1.807) is 6.07 Å². The molecule has 12 aliphatic carbocycles. The second kappa shape index (κ2) is 53.8. The van der Waals surface area contributed by atoms with Crippen molar-refractivity contribution < 1.29 is 113 Å². The van der Waals surface area contributed by atoms with Gasteiger partial charge in [-0.05, 0) is 358 Å². The molecule has 8 fully saturated rings. The predicted octanol–water partition coefficient (Wildman–Crippen LogP) is 17.1. The largest absolute Gasteiger partial charge is 0.508 e. The quantitative estimate of drug-likeness (QED) is 0.00598. The van der Waals surface area contributed by atoms with Crippen LogP contribution in [0.1, 0.15) is 269 Å². The van der Waals surface area contributed by atoms with Gasteiger partial charge in [0.25, 0.3) is 11.8 Å². The fraction of sp³-hybridized carbons (Fsp3) is 0.596. The van der Waals surface area contributed by atoms with Crippen LogP contribution in [0.4, 0.5) is 5.69 Å². The lowest BCUT2D eigenvalue weighted by molar-refractivity contribution is -0.140. The fourth-order valence-corrected chi connectivity index (χ4v) is 27.7. The van der Waals surface area contributed by atoms with Crippen molar-refractivity contribution in [1.29, 1.82) is 5.26 Å². The molecule has 8 saturated carbocycles. The van der Waals surface area contributed by atoms with Gasteiger partial charge in [0, 0.05) is 37.6 Å². The number of aromatic hydroxyl groups is 6. The molecule has 18 rings (SSSR count). The topological polar surface area (TPSA) is 489 Å². The second-order valence-electron chi connectivity index (χ2n) is 42.3. The number of phenols is 6. The van der Waals surface area contributed by atoms with Gasteiger partial charge in [-0.1, -0.05) is 70.7 Å². The Kier molecular flexibility index (Phi) is 42.2. The number of carboxylic acids is 1. The number of primary amides is 2. The number of fused-ring (bicyclic) bond motifs is 20. The molecule has 20 atom stereocenters. The number of anilines is 1. The van der Waals surface area contributed by atoms with Crippen LogP contribution in [-0.4, -0.2) is 211 Å². The van der Waals surface area contributed by atoms with Gasteiger partial charge in [-0.3, -0.25) is 28.8 Å². The summed E-state index contributed by atoms with van der Waals surface area (Å²) in [7, 11) is 1.33. The molecule has 796 valence electrons. The molecule has 0 spiro atoms. The third kappa shape index (κ3) is 27.5. The Balaban J connectivity index is 0.000000166. The number of benzene rings is 6. The summed E-state index contributed by atoms with van der Waals surface area (Å²) >= 11 is 9.53. The smallest absolute Gasteiger partial charge is 0.305 e. The maximum atomic E-state index is 12.4. The van der Waals surface area contributed by atoms with E-state index in [4.69, 9.17) is 95.2 Å². The second-order valence-corrected chi connectivity index (χ2v) is 43.1. The summed E-state index contributed by atoms with van der Waals surface area (Å²) in [5.74, 6) is 5.43. The number of rotatable bonds is 33. The number of hydrogen-bond acceptors (Lipinski definition) is 24. The number of ketones is 1. The molecule has 146 heavy (non-hydrogen) atoms. The number of carbonyl (C=O) groups is 6. The van der Waals surface area contributed by atoms with E-state index < -0.39 is 41.8 Å². The molecular formula is C114H153Cl2N7O23. The number of Topliss-reactive ketones (excluding diaryl/α,β-unsaturated/α-hetero) is 1. The number of nitrogens with zero attached hydrogens (tertiary/aromatic N) is 2. The van der Waals surface area contributed by atoms with Gasteiger partial charge in [0.2, 0.25) is 18.4 Å². The van der Waals surface area contributed by atoms with Gasteiger partial charge in [-0.25, -0.2) is 6.57 Å². The van der Waals surface area contributed by atoms with Gasteiger partial charge >= 0.3 is 5.97 Å². The summed E-state index contributed by atoms with van der Waals surface area (Å²) in [6.07, 6.45) is 29.6. The Labute approximate surface area is 868 Å². The first-order chi connectivity index (χ1) is 70.2. The number of nitrogens with two attached hydrogens (primary N) is 3. The summed E-state index contributed by atoms with van der Waals surface area (Å²) in [6.45, 7) is 22.9. The molecule has 0 saturated heterocycles. The van der Waals surface area contributed by atoms with Gasteiger partial charge < -0.3 is 117 Å². The normalized spacial score (nSPS) is 28.0. The summed E-state index contributed by atoms with van der Waals surface area (Å²) in [5.41, 5.74) is 27.7. The molecular weight excluding hydrogens is 1910 g/mol. The maximum Gasteiger partial charge on any atom is 0.305 e. The van der Waals surface area contributed by atoms with Crippen LogP contribution in [0.3, 0.4) is 0 Å². The van der Waals surface area contributed by atoms with Crippen LogP contribution in [0.25, 0.3) is 4.85 Å². The number of aliphatic carboxylic acids is 1. The highest BCUT2D eigenvalue weighted by Crippen LogP contribution is 2.66. The van der Waals surface area contributed by atoms with Crippen molar-refractivity contribution in [1.82, 2.24) is 5.32 Å². The minimum absolute atomic E-state index is 0.0348. The van der Waals surface area contributed by atoms with E-state index in [9.17, 15) is 69.6 Å². The number of nitriles is 1. The molecule has 6 aromatic rings. The minimum atomic E-state index is -0.886. The number of carboxylic acid groups (broad SMARTS) is 1. The Bertz CT molecular complexity index is 5520. The SMILES string of the molecule is C=CC#N.CC12CCC3c4ccc(O)cc4CCC3C1CCC2O.CC12CCC3c4ccc(O)cc4CCC3C1CCC2OCCC(=O)NCCOCCOCC(=O)Cc1ccc(CO)c(C(N)=O)c1O.CC12CCC3c4ccc(O)cc4CCC3C1CCC2OCCC(=O)O.COc1ccc(NC(=O)COCCOCCN)c(O)c1C(N)=O.ClCCl.[C-]#[N+]CCOC1CCC2C3CCc4cc(O)ccc4C3CCC12C. The summed E-state index contributed by atoms with van der Waals surface area (Å²) < 4.78 is 44.5. The monoisotopic (exact) mass is 2060 g/mol. The number of aliphatic hydroxyl groups is 2. The van der Waals surface area contributed by atoms with Gasteiger partial charge in [0.1, 0.15) is 59.9 Å². The zero-order chi connectivity index (χ0) is 105. The van der Waals surface area contributed by atoms with Crippen LogP contribution in [-0.2, 0) is 91.0 Å². The first kappa shape index (κ1) is 115. The molecule has 0 bridgehead atoms. The number of allylic oxidation sites excluding steroid dienone is 1. The van der Waals surface area contributed by atoms with Gasteiger partial charge in [0.05, 0.1) is 120 Å². The highest BCUT2D eigenvalue weighted by atomic mass is 35.5. The van der Waals surface area contributed by atoms with E-state index in [0.29, 0.717) is 148 Å². The minimum Gasteiger partial charge on any atom is -0.508 e. The van der Waals surface area contributed by atoms with Crippen LogP contribution in [0.15, 0.2) is 110 Å². The molecule has 0 aromatic heterocycles. The van der Waals surface area contributed by atoms with Crippen LogP contribution < -0.4 is 32.6 Å². The van der Waals surface area contributed by atoms with E-state index >= 15 is 0 Å². The van der Waals surface area contributed by atoms with Crippen LogP contribution in [0, 0.1) is 86.9 Å². The van der Waals surface area contributed by atoms with E-state index in [1.165, 1.54) is 146 Å². The van der Waals surface area contributed by atoms with Crippen molar-refractivity contribution in [2.75, 3.05) is 110 Å². The zero-order valence-corrected chi connectivity index (χ0v) is 86.8. The van der Waals surface area contributed by atoms with E-state index in [2.05, 4.69) is 74.0 Å². The number of alkyl halides is 2. The average Bonchev–Trinajstić information content (AvgIpc) is 1.54. The number of carbonyl (C=O) groups excluding carboxylic acids is 5. The third-order valence-corrected chi connectivity index (χ3v) is 34.5. The first-order valence-electron chi connectivity index (χ1n) is 52.2. The Hall–Kier alpha value is -10.2. The first-order valence-corrected chi connectivity index (χ1v) is 53.3. The van der Waals surface area contributed by atoms with Gasteiger partial charge in [-0.15, -0.1) is 23.2 Å². The van der Waals surface area contributed by atoms with Crippen molar-refractivity contribution in [3.05, 3.63) is 188 Å². The number of aryl methyl sites for hydroxylation is 4. The number of phenolic OH excluding ortho intramolecular Hbond substituents is 4. The zero-order valence-electron chi connectivity index (χ0n) is 85.3. The molecule has 6 aromatic carbocycles. The van der Waals surface area contributed by atoms with Crippen molar-refractivity contribution >= 4 is 64.3 Å². The van der Waals surface area contributed by atoms with Crippen LogP contribution >= 0.6 is 23.2 Å². The molecule has 0 radical (unpaired) electrons. The van der Waals surface area contributed by atoms with E-state index in [0.717, 1.165) is 108 Å². The maximum absolute atomic E-state index is 12.4. The number of halogens is 2. The Morgan fingerprint density at radius 3 is 1.31 bits per heavy atom. The number of methoxy groups -OCH3 is 1. The highest BCUT2D eigenvalue weighted by Gasteiger charge is 2.60. The molecule has 30 nitrogen and oxygen atoms in total. The standard InChI is InChI=1S/C36H48N2O9.C21H27NO2.C21H28O4.C18H24O2.C14H21N3O6.C3H3N.CH2Cl2/c1-36-12-10-28-27-7-5-25(40)18-22(27)4-6-29(28)30(36)8-9-31(36)47-14-11-32(42)38-13-15-45-16-17-46-21-26(41)19-23-2-3-24(20-39)33(34(23)43)35(37)44;1-21-10-9-17-16-6-4-15(23)13-14(16)3-5-18(17)19(21)7-8-20(21)24-12-11-22-2;1-21-10-8-16-15-5-3-14(22)12-13(15)2-4-17(16)18(21)6-7-19(21)25-11-9-20(23)24;1-18-9-8-14-13-5-3-12(19)10-11(13)2-4-15(14)16(18)6-7-17(18)20;1-21-10-3-2-9(13(19)12(10)14(16)20)17-11(18)8-23-7-6-22-5-4-15;1-2-3-4;2-1-3/h2-3,5,7,18,28-31,39-40,43H,4,6,8-17,19-21H2,1H3,(H2,37,44)(H,38,42);4,6,13,17-20,23H,3,5,7-12H2,1H3;3,5,12,16-19,22H,2,4,6-11H2,1H3,(H,23,24);3,5,10,14-17,19-20H,2,4,6-9H2,1H3;2-3,19H,4-8,15H2,1H3,(H2,16,20)(H,17,18);2H,1H2;1H2. The molecule has 20 unspecified atom stereocenters. The summed E-state index contributed by atoms with van der Waals surface area (Å²) in [4.78, 5) is 73.6. The number of ether oxygens (including phenoxy) is 8. The van der Waals surface area contributed by atoms with Gasteiger partial charge in [0.15, 0.2) is 11.5 Å². The molecule has 32 heteroatoms. The van der Waals surface area contributed by atoms with Gasteiger partial charge in [-0.2, -0.15) is 5.26 Å². The van der Waals surface area contributed by atoms with Crippen molar-refractivity contribution in [2.24, 2.45) is 86.2 Å². The Morgan fingerprint density at radius 1 is 0.500 bits per heavy atom. The number of aliphatic hydroxyl groups excluding tert-OH is 2. The van der Waals surface area contributed by atoms with Crippen molar-refractivity contribution in [3.8, 4) is 46.3 Å². The third-order valence-electron chi connectivity index (χ3n) is 34.5. The van der Waals surface area contributed by atoms with Crippen molar-refractivity contribution in [2.45, 2.75) is 256 Å². The molecule has 4 amide bonds. The number of hydrogen-bond donors (Lipinski definition) is 14. The number of nitrogens with one attached hydrogen (secondary N) is 2. The van der Waals surface area contributed by atoms with Crippen molar-refractivity contribution in [3.63, 3.8) is 0 Å². The summed E-state index contributed by atoms with van der Waals surface area (Å²) in [5, 5.41) is 101. The summed E-state index contributed by atoms with van der Waals surface area (Å²) in [6, 6.07) is 31.2. The molecule has 12 aliphatic rings. The lowest BCUT2D eigenvalue weighted by Gasteiger charge is -2.50. The lowest BCUT2D eigenvalue weighted by atomic mass is 9.55. The highest BCUT2D eigenvalue weighted by molar-refractivity contribution is 6.40. The van der Waals surface area contributed by atoms with E-state index in [1.807, 2.05) is 48.5 Å². The lowest BCUT2D eigenvalue weighted by Crippen LogP contribution is -2.45. The van der Waals surface area contributed by atoms with E-state index in [-0.39, 0.29) is 137 Å². The molecule has 17 N–H and O–H groups in total. The number of amides is 4. The Morgan fingerprint density at radius 2 is 0.897 bits per heavy atom. The average molecular weight is 2060 g/mol. The molecule has 0 aliphatic heterocycles. The fourth-order valence-electron chi connectivity index (χ4n) is 27.7. The van der Waals surface area contributed by atoms with Crippen LogP contribution in [0.5, 0.6) is 40.2 Å².